The Morgan fingerprint density at radius 3 is 2.26 bits per heavy atom. The highest BCUT2D eigenvalue weighted by Gasteiger charge is 2.39. The molecule has 0 aliphatic heterocycles. The van der Waals surface area contributed by atoms with Gasteiger partial charge in [-0.25, -0.2) is 8.78 Å². The molecular weight excluding hydrogens is 272 g/mol. The van der Waals surface area contributed by atoms with E-state index in [9.17, 15) is 13.6 Å². The standard InChI is InChI=1S/C14H22ClF2NO/c15-9-10-18(12-3-1-2-4-12)13(19)11-5-7-14(16,17)8-6-11/h11-12H,1-10H2. The summed E-state index contributed by atoms with van der Waals surface area (Å²) in [5.74, 6) is -2.31. The topological polar surface area (TPSA) is 20.3 Å². The molecule has 0 heterocycles. The second kappa shape index (κ2) is 6.38. The Bertz CT molecular complexity index is 309. The maximum absolute atomic E-state index is 13.1. The Morgan fingerprint density at radius 2 is 1.74 bits per heavy atom. The van der Waals surface area contributed by atoms with Crippen LogP contribution in [0.3, 0.4) is 0 Å². The second-order valence-electron chi connectivity index (χ2n) is 5.79. The molecule has 0 saturated heterocycles. The molecule has 0 aromatic rings. The SMILES string of the molecule is O=C(C1CCC(F)(F)CC1)N(CCCl)C1CCCC1. The molecule has 2 aliphatic carbocycles. The first-order valence-corrected chi connectivity index (χ1v) is 7.81. The van der Waals surface area contributed by atoms with Gasteiger partial charge in [0.1, 0.15) is 0 Å². The van der Waals surface area contributed by atoms with Crippen molar-refractivity contribution in [3.63, 3.8) is 0 Å². The molecule has 0 aromatic carbocycles. The van der Waals surface area contributed by atoms with Gasteiger partial charge in [-0.15, -0.1) is 11.6 Å². The molecule has 0 N–H and O–H groups in total. The van der Waals surface area contributed by atoms with E-state index in [1.54, 1.807) is 0 Å². The van der Waals surface area contributed by atoms with Crippen molar-refractivity contribution in [2.45, 2.75) is 63.3 Å². The Kier molecular flexibility index (Phi) is 5.04. The summed E-state index contributed by atoms with van der Waals surface area (Å²) in [5, 5.41) is 0. The van der Waals surface area contributed by atoms with Crippen molar-refractivity contribution >= 4 is 17.5 Å². The monoisotopic (exact) mass is 293 g/mol. The number of carbonyl (C=O) groups is 1. The summed E-state index contributed by atoms with van der Waals surface area (Å²) in [6.07, 6.45) is 4.70. The highest BCUT2D eigenvalue weighted by atomic mass is 35.5. The molecule has 0 spiro atoms. The molecule has 2 saturated carbocycles. The van der Waals surface area contributed by atoms with Crippen molar-refractivity contribution < 1.29 is 13.6 Å². The van der Waals surface area contributed by atoms with Gasteiger partial charge in [-0.2, -0.15) is 0 Å². The molecule has 0 unspecified atom stereocenters. The average molecular weight is 294 g/mol. The Balaban J connectivity index is 1.95. The number of hydrogen-bond acceptors (Lipinski definition) is 1. The van der Waals surface area contributed by atoms with Gasteiger partial charge in [0, 0.05) is 37.2 Å². The zero-order valence-corrected chi connectivity index (χ0v) is 12.0. The van der Waals surface area contributed by atoms with Crippen molar-refractivity contribution in [3.05, 3.63) is 0 Å². The summed E-state index contributed by atoms with van der Waals surface area (Å²) in [6, 6.07) is 0.286. The number of carbonyl (C=O) groups excluding carboxylic acids is 1. The summed E-state index contributed by atoms with van der Waals surface area (Å²) in [4.78, 5) is 14.4. The number of hydrogen-bond donors (Lipinski definition) is 0. The molecule has 0 atom stereocenters. The molecule has 2 fully saturated rings. The molecule has 0 radical (unpaired) electrons. The predicted octanol–water partition coefficient (Wildman–Crippen LogP) is 3.82. The molecule has 0 aromatic heterocycles. The Morgan fingerprint density at radius 1 is 1.16 bits per heavy atom. The lowest BCUT2D eigenvalue weighted by Gasteiger charge is -2.35. The third kappa shape index (κ3) is 3.80. The van der Waals surface area contributed by atoms with Crippen LogP contribution in [0, 0.1) is 5.92 Å². The smallest absolute Gasteiger partial charge is 0.248 e. The third-order valence-electron chi connectivity index (χ3n) is 4.44. The maximum atomic E-state index is 13.1. The fourth-order valence-corrected chi connectivity index (χ4v) is 3.48. The highest BCUT2D eigenvalue weighted by Crippen LogP contribution is 2.37. The summed E-state index contributed by atoms with van der Waals surface area (Å²) in [7, 11) is 0. The van der Waals surface area contributed by atoms with E-state index in [4.69, 9.17) is 11.6 Å². The fraction of sp³-hybridized carbons (Fsp3) is 0.929. The molecule has 1 amide bonds. The van der Waals surface area contributed by atoms with Gasteiger partial charge >= 0.3 is 0 Å². The van der Waals surface area contributed by atoms with Crippen molar-refractivity contribution in [3.8, 4) is 0 Å². The predicted molar refractivity (Wildman–Crippen MR) is 71.6 cm³/mol. The first kappa shape index (κ1) is 15.0. The van der Waals surface area contributed by atoms with Crippen LogP contribution in [-0.4, -0.2) is 35.2 Å². The van der Waals surface area contributed by atoms with Crippen LogP contribution in [0.25, 0.3) is 0 Å². The van der Waals surface area contributed by atoms with E-state index in [1.165, 1.54) is 0 Å². The normalized spacial score (nSPS) is 24.6. The van der Waals surface area contributed by atoms with Gasteiger partial charge in [-0.3, -0.25) is 4.79 Å². The van der Waals surface area contributed by atoms with Crippen molar-refractivity contribution in [1.82, 2.24) is 4.90 Å². The van der Waals surface area contributed by atoms with Gasteiger partial charge in [0.15, 0.2) is 0 Å². The molecule has 0 bridgehead atoms. The van der Waals surface area contributed by atoms with E-state index in [0.29, 0.717) is 25.3 Å². The lowest BCUT2D eigenvalue weighted by atomic mass is 9.85. The van der Waals surface area contributed by atoms with Gasteiger partial charge in [-0.05, 0) is 25.7 Å². The lowest BCUT2D eigenvalue weighted by Crippen LogP contribution is -2.45. The number of alkyl halides is 3. The summed E-state index contributed by atoms with van der Waals surface area (Å²) >= 11 is 5.79. The van der Waals surface area contributed by atoms with E-state index >= 15 is 0 Å². The average Bonchev–Trinajstić information content (AvgIpc) is 2.89. The maximum Gasteiger partial charge on any atom is 0.248 e. The van der Waals surface area contributed by atoms with Gasteiger partial charge in [0.2, 0.25) is 11.8 Å². The third-order valence-corrected chi connectivity index (χ3v) is 4.61. The lowest BCUT2D eigenvalue weighted by molar-refractivity contribution is -0.141. The number of halogens is 3. The fourth-order valence-electron chi connectivity index (χ4n) is 3.30. The van der Waals surface area contributed by atoms with Crippen LogP contribution in [0.1, 0.15) is 51.4 Å². The Hall–Kier alpha value is -0.380. The first-order chi connectivity index (χ1) is 9.03. The van der Waals surface area contributed by atoms with Crippen LogP contribution >= 0.6 is 11.6 Å². The quantitative estimate of drug-likeness (QED) is 0.722. The molecule has 110 valence electrons. The molecule has 2 nitrogen and oxygen atoms in total. The largest absolute Gasteiger partial charge is 0.338 e. The van der Waals surface area contributed by atoms with E-state index < -0.39 is 5.92 Å². The van der Waals surface area contributed by atoms with Crippen LogP contribution < -0.4 is 0 Å². The minimum atomic E-state index is -2.57. The number of rotatable bonds is 4. The van der Waals surface area contributed by atoms with Gasteiger partial charge in [0.05, 0.1) is 0 Å². The number of amides is 1. The first-order valence-electron chi connectivity index (χ1n) is 7.28. The zero-order chi connectivity index (χ0) is 13.9. The second-order valence-corrected chi connectivity index (χ2v) is 6.17. The van der Waals surface area contributed by atoms with Crippen LogP contribution in [0.4, 0.5) is 8.78 Å². The van der Waals surface area contributed by atoms with Gasteiger partial charge in [-0.1, -0.05) is 12.8 Å². The molecule has 19 heavy (non-hydrogen) atoms. The summed E-state index contributed by atoms with van der Waals surface area (Å²) in [5.41, 5.74) is 0. The van der Waals surface area contributed by atoms with Crippen LogP contribution in [0.15, 0.2) is 0 Å². The van der Waals surface area contributed by atoms with E-state index in [1.807, 2.05) is 4.90 Å². The number of nitrogens with zero attached hydrogens (tertiary/aromatic N) is 1. The summed E-state index contributed by atoms with van der Waals surface area (Å²) in [6.45, 7) is 0.554. The van der Waals surface area contributed by atoms with E-state index in [2.05, 4.69) is 0 Å². The highest BCUT2D eigenvalue weighted by molar-refractivity contribution is 6.18. The zero-order valence-electron chi connectivity index (χ0n) is 11.2. The van der Waals surface area contributed by atoms with Crippen LogP contribution in [0.2, 0.25) is 0 Å². The van der Waals surface area contributed by atoms with Gasteiger partial charge in [0.25, 0.3) is 0 Å². The molecule has 2 rings (SSSR count). The molecular formula is C14H22ClF2NO. The van der Waals surface area contributed by atoms with Gasteiger partial charge < -0.3 is 4.90 Å². The molecule has 5 heteroatoms. The van der Waals surface area contributed by atoms with E-state index in [-0.39, 0.29) is 30.7 Å². The van der Waals surface area contributed by atoms with Crippen molar-refractivity contribution in [2.75, 3.05) is 12.4 Å². The molecule has 2 aliphatic rings. The minimum absolute atomic E-state index is 0.0584. The van der Waals surface area contributed by atoms with E-state index in [0.717, 1.165) is 25.7 Å². The Labute approximate surface area is 118 Å². The van der Waals surface area contributed by atoms with Crippen molar-refractivity contribution in [1.29, 1.82) is 0 Å². The summed E-state index contributed by atoms with van der Waals surface area (Å²) < 4.78 is 26.3. The minimum Gasteiger partial charge on any atom is -0.338 e. The van der Waals surface area contributed by atoms with Crippen molar-refractivity contribution in [2.24, 2.45) is 5.92 Å². The van der Waals surface area contributed by atoms with Crippen LogP contribution in [0.5, 0.6) is 0 Å². The van der Waals surface area contributed by atoms with Crippen LogP contribution in [-0.2, 0) is 4.79 Å².